The SMILES string of the molecule is Oc1nnc(Cl)[nH]1. The third-order valence-electron chi connectivity index (χ3n) is 0.447. The van der Waals surface area contributed by atoms with Crippen LogP contribution in [-0.2, 0) is 0 Å². The van der Waals surface area contributed by atoms with E-state index in [0.29, 0.717) is 0 Å². The Kier molecular flexibility index (Phi) is 0.867. The number of nitrogens with zero attached hydrogens (tertiary/aromatic N) is 2. The van der Waals surface area contributed by atoms with Gasteiger partial charge in [-0.2, -0.15) is 0 Å². The second-order valence-corrected chi connectivity index (χ2v) is 1.30. The molecular formula is C2H2ClN3O. The van der Waals surface area contributed by atoms with Gasteiger partial charge in [-0.05, 0) is 11.6 Å². The average Bonchev–Trinajstić information content (AvgIpc) is 1.87. The number of aromatic nitrogens is 3. The Labute approximate surface area is 44.1 Å². The Morgan fingerprint density at radius 3 is 2.43 bits per heavy atom. The first-order valence-corrected chi connectivity index (χ1v) is 1.94. The summed E-state index contributed by atoms with van der Waals surface area (Å²) in [6.07, 6.45) is 0. The molecule has 0 bridgehead atoms. The van der Waals surface area contributed by atoms with Gasteiger partial charge >= 0.3 is 6.01 Å². The summed E-state index contributed by atoms with van der Waals surface area (Å²) in [7, 11) is 0. The largest absolute Gasteiger partial charge is 0.479 e. The molecule has 1 aromatic rings. The van der Waals surface area contributed by atoms with E-state index in [1.54, 1.807) is 0 Å². The van der Waals surface area contributed by atoms with Crippen LogP contribution in [0.25, 0.3) is 0 Å². The molecule has 4 nitrogen and oxygen atoms in total. The van der Waals surface area contributed by atoms with Crippen LogP contribution in [0, 0.1) is 0 Å². The maximum absolute atomic E-state index is 8.34. The van der Waals surface area contributed by atoms with Gasteiger partial charge in [0.1, 0.15) is 0 Å². The minimum atomic E-state index is -0.259. The summed E-state index contributed by atoms with van der Waals surface area (Å²) in [5.41, 5.74) is 0. The van der Waals surface area contributed by atoms with Crippen LogP contribution < -0.4 is 0 Å². The van der Waals surface area contributed by atoms with Gasteiger partial charge in [-0.25, -0.2) is 0 Å². The van der Waals surface area contributed by atoms with Gasteiger partial charge in [0.05, 0.1) is 0 Å². The van der Waals surface area contributed by atoms with Crippen molar-refractivity contribution in [3.05, 3.63) is 5.28 Å². The fourth-order valence-electron chi connectivity index (χ4n) is 0.234. The zero-order valence-corrected chi connectivity index (χ0v) is 3.98. The van der Waals surface area contributed by atoms with E-state index in [0.717, 1.165) is 0 Å². The van der Waals surface area contributed by atoms with Gasteiger partial charge in [-0.3, -0.25) is 4.98 Å². The fraction of sp³-hybridized carbons (Fsp3) is 0. The molecule has 0 spiro atoms. The summed E-state index contributed by atoms with van der Waals surface area (Å²) in [5.74, 6) is 0. The number of aromatic hydroxyl groups is 1. The van der Waals surface area contributed by atoms with Crippen molar-refractivity contribution in [1.82, 2.24) is 15.2 Å². The third kappa shape index (κ3) is 0.806. The average molecular weight is 120 g/mol. The Balaban J connectivity index is 3.04. The second kappa shape index (κ2) is 1.38. The molecule has 1 heterocycles. The number of aromatic amines is 1. The van der Waals surface area contributed by atoms with E-state index >= 15 is 0 Å². The number of nitrogens with one attached hydrogen (secondary N) is 1. The molecule has 38 valence electrons. The maximum atomic E-state index is 8.34. The Morgan fingerprint density at radius 2 is 2.29 bits per heavy atom. The topological polar surface area (TPSA) is 61.8 Å². The van der Waals surface area contributed by atoms with Gasteiger partial charge in [0.2, 0.25) is 5.28 Å². The van der Waals surface area contributed by atoms with E-state index in [9.17, 15) is 0 Å². The van der Waals surface area contributed by atoms with Crippen molar-refractivity contribution < 1.29 is 5.11 Å². The van der Waals surface area contributed by atoms with Crippen LogP contribution in [0.4, 0.5) is 0 Å². The van der Waals surface area contributed by atoms with E-state index in [1.807, 2.05) is 0 Å². The molecule has 0 aliphatic rings. The molecule has 2 N–H and O–H groups in total. The molecule has 0 saturated carbocycles. The molecule has 0 aromatic carbocycles. The lowest BCUT2D eigenvalue weighted by molar-refractivity contribution is 0.433. The van der Waals surface area contributed by atoms with Gasteiger partial charge in [0.15, 0.2) is 0 Å². The Bertz CT molecular complexity index is 145. The summed E-state index contributed by atoms with van der Waals surface area (Å²) in [5, 5.41) is 14.8. The summed E-state index contributed by atoms with van der Waals surface area (Å²) in [6, 6.07) is -0.259. The molecule has 0 aliphatic carbocycles. The number of rotatable bonds is 0. The molecule has 1 rings (SSSR count). The monoisotopic (exact) mass is 119 g/mol. The van der Waals surface area contributed by atoms with Crippen molar-refractivity contribution in [3.63, 3.8) is 0 Å². The molecule has 5 heteroatoms. The first-order valence-electron chi connectivity index (χ1n) is 1.56. The molecule has 0 amide bonds. The fourth-order valence-corrected chi connectivity index (χ4v) is 0.356. The molecule has 0 radical (unpaired) electrons. The van der Waals surface area contributed by atoms with E-state index < -0.39 is 0 Å². The lowest BCUT2D eigenvalue weighted by Gasteiger charge is -1.69. The minimum absolute atomic E-state index is 0.0949. The molecule has 0 atom stereocenters. The van der Waals surface area contributed by atoms with Gasteiger partial charge < -0.3 is 5.11 Å². The van der Waals surface area contributed by atoms with E-state index in [1.165, 1.54) is 0 Å². The van der Waals surface area contributed by atoms with Crippen LogP contribution >= 0.6 is 11.6 Å². The number of halogens is 1. The van der Waals surface area contributed by atoms with Crippen LogP contribution in [0.3, 0.4) is 0 Å². The van der Waals surface area contributed by atoms with E-state index in [2.05, 4.69) is 15.2 Å². The zero-order chi connectivity index (χ0) is 5.28. The normalized spacial score (nSPS) is 9.29. The molecule has 0 saturated heterocycles. The van der Waals surface area contributed by atoms with Crippen LogP contribution in [0.2, 0.25) is 5.28 Å². The van der Waals surface area contributed by atoms with Crippen LogP contribution in [-0.4, -0.2) is 20.3 Å². The molecule has 7 heavy (non-hydrogen) atoms. The quantitative estimate of drug-likeness (QED) is 0.512. The standard InChI is InChI=1S/C2H2ClN3O/c3-1-4-2(7)6-5-1/h(H2,4,5,6,7). The Hall–Kier alpha value is -0.770. The van der Waals surface area contributed by atoms with Crippen molar-refractivity contribution in [3.8, 4) is 6.01 Å². The highest BCUT2D eigenvalue weighted by Crippen LogP contribution is 2.01. The summed E-state index contributed by atoms with van der Waals surface area (Å²) < 4.78 is 0. The molecule has 0 aliphatic heterocycles. The highest BCUT2D eigenvalue weighted by molar-refractivity contribution is 6.28. The van der Waals surface area contributed by atoms with Crippen molar-refractivity contribution in [2.75, 3.05) is 0 Å². The predicted octanol–water partition coefficient (Wildman–Crippen LogP) is 0.164. The highest BCUT2D eigenvalue weighted by Gasteiger charge is 1.91. The highest BCUT2D eigenvalue weighted by atomic mass is 35.5. The van der Waals surface area contributed by atoms with Crippen molar-refractivity contribution in [2.45, 2.75) is 0 Å². The van der Waals surface area contributed by atoms with Crippen LogP contribution in [0.5, 0.6) is 6.01 Å². The Morgan fingerprint density at radius 1 is 1.57 bits per heavy atom. The van der Waals surface area contributed by atoms with Gasteiger partial charge in [-0.15, -0.1) is 5.10 Å². The zero-order valence-electron chi connectivity index (χ0n) is 3.22. The van der Waals surface area contributed by atoms with E-state index in [-0.39, 0.29) is 11.3 Å². The van der Waals surface area contributed by atoms with Gasteiger partial charge in [0, 0.05) is 0 Å². The summed E-state index contributed by atoms with van der Waals surface area (Å²) >= 11 is 5.17. The maximum Gasteiger partial charge on any atom is 0.312 e. The minimum Gasteiger partial charge on any atom is -0.479 e. The number of H-pyrrole nitrogens is 1. The van der Waals surface area contributed by atoms with E-state index in [4.69, 9.17) is 16.7 Å². The van der Waals surface area contributed by atoms with Crippen molar-refractivity contribution >= 4 is 11.6 Å². The molecule has 1 aromatic heterocycles. The predicted molar refractivity (Wildman–Crippen MR) is 23.1 cm³/mol. The first-order chi connectivity index (χ1) is 3.29. The lowest BCUT2D eigenvalue weighted by atomic mass is 11.2. The third-order valence-corrected chi connectivity index (χ3v) is 0.618. The summed E-state index contributed by atoms with van der Waals surface area (Å²) in [6.45, 7) is 0. The van der Waals surface area contributed by atoms with Gasteiger partial charge in [-0.1, -0.05) is 5.10 Å². The first kappa shape index (κ1) is 4.39. The number of hydrogen-bond acceptors (Lipinski definition) is 3. The lowest BCUT2D eigenvalue weighted by Crippen LogP contribution is -1.61. The van der Waals surface area contributed by atoms with Crippen LogP contribution in [0.1, 0.15) is 0 Å². The van der Waals surface area contributed by atoms with Crippen molar-refractivity contribution in [1.29, 1.82) is 0 Å². The van der Waals surface area contributed by atoms with Crippen LogP contribution in [0.15, 0.2) is 0 Å². The molecular weight excluding hydrogens is 117 g/mol. The molecule has 0 unspecified atom stereocenters. The smallest absolute Gasteiger partial charge is 0.312 e. The van der Waals surface area contributed by atoms with Gasteiger partial charge in [0.25, 0.3) is 0 Å². The molecule has 0 fully saturated rings. The number of hydrogen-bond donors (Lipinski definition) is 2. The van der Waals surface area contributed by atoms with Crippen molar-refractivity contribution in [2.24, 2.45) is 0 Å². The summed E-state index contributed by atoms with van der Waals surface area (Å²) in [4.78, 5) is 2.24. The second-order valence-electron chi connectivity index (χ2n) is 0.939.